The van der Waals surface area contributed by atoms with Crippen molar-refractivity contribution < 1.29 is 4.92 Å². The van der Waals surface area contributed by atoms with Crippen LogP contribution in [0.5, 0.6) is 0 Å². The lowest BCUT2D eigenvalue weighted by molar-refractivity contribution is -0.384. The van der Waals surface area contributed by atoms with Crippen LogP contribution in [-0.4, -0.2) is 14.5 Å². The number of non-ortho nitro benzene ring substituents is 1. The number of anilines is 1. The fourth-order valence-corrected chi connectivity index (χ4v) is 1.68. The van der Waals surface area contributed by atoms with Gasteiger partial charge in [-0.3, -0.25) is 20.5 Å². The zero-order valence-corrected chi connectivity index (χ0v) is 11.2. The lowest BCUT2D eigenvalue weighted by Crippen LogP contribution is -1.97. The van der Waals surface area contributed by atoms with Crippen LogP contribution in [0.4, 0.5) is 11.4 Å². The molecule has 7 heteroatoms. The van der Waals surface area contributed by atoms with Gasteiger partial charge in [0, 0.05) is 30.1 Å². The maximum Gasteiger partial charge on any atom is 0.269 e. The van der Waals surface area contributed by atoms with Gasteiger partial charge in [0.25, 0.3) is 5.69 Å². The third-order valence-corrected chi connectivity index (χ3v) is 2.91. The Morgan fingerprint density at radius 2 is 1.84 bits per heavy atom. The summed E-state index contributed by atoms with van der Waals surface area (Å²) in [5, 5.41) is 14.6. The maximum absolute atomic E-state index is 10.5. The second-order valence-corrected chi connectivity index (χ2v) is 4.31. The summed E-state index contributed by atoms with van der Waals surface area (Å²) in [4.78, 5) is 14.0. The van der Waals surface area contributed by atoms with E-state index in [0.29, 0.717) is 10.3 Å². The zero-order chi connectivity index (χ0) is 13.7. The van der Waals surface area contributed by atoms with Crippen LogP contribution >= 0.6 is 15.9 Å². The highest BCUT2D eigenvalue weighted by Crippen LogP contribution is 2.16. The van der Waals surface area contributed by atoms with Crippen LogP contribution < -0.4 is 5.43 Å². The van der Waals surface area contributed by atoms with Crippen molar-refractivity contribution in [3.63, 3.8) is 0 Å². The van der Waals surface area contributed by atoms with Crippen molar-refractivity contribution in [2.45, 2.75) is 0 Å². The molecule has 0 unspecified atom stereocenters. The smallest absolute Gasteiger partial charge is 0.269 e. The van der Waals surface area contributed by atoms with Crippen LogP contribution in [0.2, 0.25) is 0 Å². The molecular weight excluding hydrogens is 312 g/mol. The van der Waals surface area contributed by atoms with E-state index in [2.05, 4.69) is 31.4 Å². The van der Waals surface area contributed by atoms with Gasteiger partial charge in [-0.05, 0) is 40.2 Å². The van der Waals surface area contributed by atoms with Crippen molar-refractivity contribution >= 4 is 31.9 Å². The van der Waals surface area contributed by atoms with Gasteiger partial charge in [-0.1, -0.05) is 0 Å². The molecule has 0 saturated carbocycles. The summed E-state index contributed by atoms with van der Waals surface area (Å²) in [6, 6.07) is 9.63. The number of hydrogen-bond donors (Lipinski definition) is 1. The summed E-state index contributed by atoms with van der Waals surface area (Å²) in [7, 11) is 0. The molecule has 1 aromatic carbocycles. The van der Waals surface area contributed by atoms with E-state index >= 15 is 0 Å². The van der Waals surface area contributed by atoms with Gasteiger partial charge in [-0.25, -0.2) is 0 Å². The maximum atomic E-state index is 10.5. The van der Waals surface area contributed by atoms with Crippen molar-refractivity contribution in [2.24, 2.45) is 5.10 Å². The largest absolute Gasteiger partial charge is 0.277 e. The van der Waals surface area contributed by atoms with E-state index in [0.717, 1.165) is 5.56 Å². The number of hydrazone groups is 1. The molecule has 0 bridgehead atoms. The molecule has 1 N–H and O–H groups in total. The van der Waals surface area contributed by atoms with Crippen LogP contribution in [0.1, 0.15) is 5.56 Å². The molecular formula is C12H9BrN4O2. The predicted molar refractivity (Wildman–Crippen MR) is 76.4 cm³/mol. The van der Waals surface area contributed by atoms with E-state index < -0.39 is 4.92 Å². The highest BCUT2D eigenvalue weighted by Gasteiger charge is 2.03. The normalized spacial score (nSPS) is 11.1. The SMILES string of the molecule is O=[N+]([O-])c1ccc(N/N=C(\Br)c2ccncc2)cc1. The number of pyridine rings is 1. The number of nitrogens with zero attached hydrogens (tertiary/aromatic N) is 3. The van der Waals surface area contributed by atoms with Crippen molar-refractivity contribution in [3.05, 3.63) is 64.5 Å². The van der Waals surface area contributed by atoms with E-state index in [1.54, 1.807) is 24.5 Å². The van der Waals surface area contributed by atoms with Crippen LogP contribution in [-0.2, 0) is 0 Å². The molecule has 0 spiro atoms. The molecule has 1 aromatic heterocycles. The Morgan fingerprint density at radius 1 is 1.21 bits per heavy atom. The molecule has 0 amide bonds. The van der Waals surface area contributed by atoms with Gasteiger partial charge in [0.05, 0.1) is 10.6 Å². The van der Waals surface area contributed by atoms with E-state index in [9.17, 15) is 10.1 Å². The van der Waals surface area contributed by atoms with Gasteiger partial charge in [-0.15, -0.1) is 0 Å². The summed E-state index contributed by atoms with van der Waals surface area (Å²) in [5.74, 6) is 0. The minimum absolute atomic E-state index is 0.0442. The first-order valence-electron chi connectivity index (χ1n) is 5.31. The summed E-state index contributed by atoms with van der Waals surface area (Å²) >= 11 is 3.33. The van der Waals surface area contributed by atoms with Crippen molar-refractivity contribution in [2.75, 3.05) is 5.43 Å². The van der Waals surface area contributed by atoms with E-state index in [-0.39, 0.29) is 5.69 Å². The molecule has 0 saturated heterocycles. The average Bonchev–Trinajstić information content (AvgIpc) is 2.46. The molecule has 0 radical (unpaired) electrons. The van der Waals surface area contributed by atoms with Crippen LogP contribution in [0, 0.1) is 10.1 Å². The molecule has 6 nitrogen and oxygen atoms in total. The Labute approximate surface area is 117 Å². The Bertz CT molecular complexity index is 599. The standard InChI is InChI=1S/C12H9BrN4O2/c13-12(9-5-7-14-8-6-9)16-15-10-1-3-11(4-2-10)17(18)19/h1-8,15H/b16-12-. The first kappa shape index (κ1) is 13.2. The van der Waals surface area contributed by atoms with Gasteiger partial charge in [-0.2, -0.15) is 5.10 Å². The van der Waals surface area contributed by atoms with Crippen molar-refractivity contribution in [3.8, 4) is 0 Å². The third-order valence-electron chi connectivity index (χ3n) is 2.28. The fourth-order valence-electron chi connectivity index (χ4n) is 1.33. The number of aromatic nitrogens is 1. The van der Waals surface area contributed by atoms with Gasteiger partial charge in [0.2, 0.25) is 0 Å². The number of nitro groups is 1. The monoisotopic (exact) mass is 320 g/mol. The summed E-state index contributed by atoms with van der Waals surface area (Å²) in [6.45, 7) is 0. The lowest BCUT2D eigenvalue weighted by Gasteiger charge is -2.02. The number of nitrogens with one attached hydrogen (secondary N) is 1. The lowest BCUT2D eigenvalue weighted by atomic mass is 10.3. The third kappa shape index (κ3) is 3.59. The molecule has 0 atom stereocenters. The van der Waals surface area contributed by atoms with Crippen LogP contribution in [0.15, 0.2) is 53.9 Å². The first-order valence-corrected chi connectivity index (χ1v) is 6.10. The van der Waals surface area contributed by atoms with Gasteiger partial charge in [0.1, 0.15) is 4.62 Å². The molecule has 0 fully saturated rings. The van der Waals surface area contributed by atoms with Gasteiger partial charge < -0.3 is 0 Å². The van der Waals surface area contributed by atoms with Crippen molar-refractivity contribution in [1.29, 1.82) is 0 Å². The minimum Gasteiger partial charge on any atom is -0.277 e. The predicted octanol–water partition coefficient (Wildman–Crippen LogP) is 3.16. The second kappa shape index (κ2) is 6.05. The summed E-state index contributed by atoms with van der Waals surface area (Å²) in [6.07, 6.45) is 3.33. The first-order chi connectivity index (χ1) is 9.16. The molecule has 0 aliphatic carbocycles. The summed E-state index contributed by atoms with van der Waals surface area (Å²) < 4.78 is 0.619. The molecule has 0 aliphatic rings. The zero-order valence-electron chi connectivity index (χ0n) is 9.65. The van der Waals surface area contributed by atoms with Crippen molar-refractivity contribution in [1.82, 2.24) is 4.98 Å². The molecule has 0 aliphatic heterocycles. The molecule has 96 valence electrons. The number of hydrogen-bond acceptors (Lipinski definition) is 5. The Hall–Kier alpha value is -2.28. The average molecular weight is 321 g/mol. The second-order valence-electron chi connectivity index (χ2n) is 3.55. The highest BCUT2D eigenvalue weighted by molar-refractivity contribution is 9.18. The number of benzene rings is 1. The molecule has 19 heavy (non-hydrogen) atoms. The topological polar surface area (TPSA) is 80.4 Å². The van der Waals surface area contributed by atoms with E-state index in [1.807, 2.05) is 12.1 Å². The van der Waals surface area contributed by atoms with Gasteiger partial charge >= 0.3 is 0 Å². The molecule has 2 aromatic rings. The van der Waals surface area contributed by atoms with Gasteiger partial charge in [0.15, 0.2) is 0 Å². The Balaban J connectivity index is 2.08. The number of nitro benzene ring substituents is 1. The molecule has 1 heterocycles. The Kier molecular flexibility index (Phi) is 4.19. The quantitative estimate of drug-likeness (QED) is 0.533. The fraction of sp³-hybridized carbons (Fsp3) is 0. The highest BCUT2D eigenvalue weighted by atomic mass is 79.9. The molecule has 2 rings (SSSR count). The van der Waals surface area contributed by atoms with E-state index in [4.69, 9.17) is 0 Å². The summed E-state index contributed by atoms with van der Waals surface area (Å²) in [5.41, 5.74) is 4.39. The van der Waals surface area contributed by atoms with E-state index in [1.165, 1.54) is 12.1 Å². The minimum atomic E-state index is -0.445. The van der Waals surface area contributed by atoms with Crippen LogP contribution in [0.3, 0.4) is 0 Å². The number of halogens is 1. The van der Waals surface area contributed by atoms with Crippen LogP contribution in [0.25, 0.3) is 0 Å². The number of rotatable bonds is 4. The Morgan fingerprint density at radius 3 is 2.42 bits per heavy atom.